The molecule has 0 aliphatic carbocycles. The van der Waals surface area contributed by atoms with Gasteiger partial charge in [-0.25, -0.2) is 8.42 Å². The van der Waals surface area contributed by atoms with Crippen molar-refractivity contribution < 1.29 is 13.2 Å². The first-order valence-electron chi connectivity index (χ1n) is 7.66. The third kappa shape index (κ3) is 3.46. The van der Waals surface area contributed by atoms with Gasteiger partial charge in [0.25, 0.3) is 10.0 Å². The van der Waals surface area contributed by atoms with Gasteiger partial charge in [-0.2, -0.15) is 0 Å². The zero-order chi connectivity index (χ0) is 17.9. The van der Waals surface area contributed by atoms with Gasteiger partial charge in [-0.05, 0) is 56.2 Å². The summed E-state index contributed by atoms with van der Waals surface area (Å²) in [4.78, 5) is 0.239. The number of anilines is 1. The monoisotopic (exact) mass is 345 g/mol. The second kappa shape index (κ2) is 7.09. The Labute approximate surface area is 144 Å². The maximum atomic E-state index is 13.1. The van der Waals surface area contributed by atoms with Crippen molar-refractivity contribution in [2.24, 2.45) is 0 Å². The van der Waals surface area contributed by atoms with E-state index in [1.807, 2.05) is 39.0 Å². The maximum Gasteiger partial charge on any atom is 0.264 e. The van der Waals surface area contributed by atoms with E-state index >= 15 is 0 Å². The van der Waals surface area contributed by atoms with Crippen LogP contribution in [0.25, 0.3) is 0 Å². The minimum absolute atomic E-state index is 0.206. The van der Waals surface area contributed by atoms with E-state index in [4.69, 9.17) is 4.74 Å². The molecule has 0 bridgehead atoms. The van der Waals surface area contributed by atoms with Gasteiger partial charge < -0.3 is 4.74 Å². The minimum Gasteiger partial charge on any atom is -0.496 e. The van der Waals surface area contributed by atoms with E-state index in [-0.39, 0.29) is 11.4 Å². The van der Waals surface area contributed by atoms with Gasteiger partial charge in [0.15, 0.2) is 0 Å². The van der Waals surface area contributed by atoms with Gasteiger partial charge in [-0.1, -0.05) is 23.8 Å². The summed E-state index contributed by atoms with van der Waals surface area (Å²) in [5.74, 6) is 0.663. The van der Waals surface area contributed by atoms with E-state index in [2.05, 4.69) is 6.58 Å². The largest absolute Gasteiger partial charge is 0.496 e. The quantitative estimate of drug-likeness (QED) is 0.744. The van der Waals surface area contributed by atoms with Crippen molar-refractivity contribution in [3.05, 3.63) is 65.7 Å². The van der Waals surface area contributed by atoms with Crippen molar-refractivity contribution in [2.45, 2.75) is 25.7 Å². The van der Waals surface area contributed by atoms with Gasteiger partial charge in [-0.3, -0.25) is 4.31 Å². The number of aryl methyl sites for hydroxylation is 3. The molecule has 128 valence electrons. The Kier molecular flexibility index (Phi) is 5.34. The number of rotatable bonds is 6. The summed E-state index contributed by atoms with van der Waals surface area (Å²) in [5.41, 5.74) is 3.44. The highest BCUT2D eigenvalue weighted by Crippen LogP contribution is 2.29. The van der Waals surface area contributed by atoms with E-state index in [9.17, 15) is 8.42 Å². The topological polar surface area (TPSA) is 46.6 Å². The van der Waals surface area contributed by atoms with Crippen molar-refractivity contribution in [3.63, 3.8) is 0 Å². The van der Waals surface area contributed by atoms with Crippen LogP contribution in [-0.4, -0.2) is 22.1 Å². The van der Waals surface area contributed by atoms with Crippen LogP contribution in [0.2, 0.25) is 0 Å². The van der Waals surface area contributed by atoms with Crippen molar-refractivity contribution in [1.82, 2.24) is 0 Å². The standard InChI is InChI=1S/C19H23NO3S/c1-6-11-20(18-9-7-14(2)12-15(18)3)24(21,22)17-8-10-19(23-5)16(4)13-17/h6-10,12-13H,1,11H2,2-5H3. The molecule has 0 fully saturated rings. The number of hydrogen-bond acceptors (Lipinski definition) is 3. The molecule has 0 radical (unpaired) electrons. The molecule has 24 heavy (non-hydrogen) atoms. The fraction of sp³-hybridized carbons (Fsp3) is 0.263. The van der Waals surface area contributed by atoms with Crippen molar-refractivity contribution >= 4 is 15.7 Å². The van der Waals surface area contributed by atoms with E-state index in [0.29, 0.717) is 11.4 Å². The highest BCUT2D eigenvalue weighted by atomic mass is 32.2. The smallest absolute Gasteiger partial charge is 0.264 e. The second-order valence-corrected chi connectivity index (χ2v) is 7.61. The van der Waals surface area contributed by atoms with Gasteiger partial charge in [0.1, 0.15) is 5.75 Å². The van der Waals surface area contributed by atoms with Gasteiger partial charge in [0, 0.05) is 0 Å². The highest BCUT2D eigenvalue weighted by molar-refractivity contribution is 7.92. The third-order valence-electron chi connectivity index (χ3n) is 3.87. The molecule has 4 nitrogen and oxygen atoms in total. The molecular formula is C19H23NO3S. The normalized spacial score (nSPS) is 11.2. The van der Waals surface area contributed by atoms with Crippen LogP contribution in [-0.2, 0) is 10.0 Å². The minimum atomic E-state index is -3.69. The summed E-state index contributed by atoms with van der Waals surface area (Å²) >= 11 is 0. The first kappa shape index (κ1) is 18.1. The number of hydrogen-bond donors (Lipinski definition) is 0. The molecule has 0 aliphatic rings. The molecule has 0 atom stereocenters. The molecule has 2 rings (SSSR count). The first-order valence-corrected chi connectivity index (χ1v) is 9.10. The fourth-order valence-corrected chi connectivity index (χ4v) is 4.25. The summed E-state index contributed by atoms with van der Waals surface area (Å²) in [7, 11) is -2.13. The predicted octanol–water partition coefficient (Wildman–Crippen LogP) is 4.00. The molecule has 0 aliphatic heterocycles. The van der Waals surface area contributed by atoms with E-state index < -0.39 is 10.0 Å². The SMILES string of the molecule is C=CCN(c1ccc(C)cc1C)S(=O)(=O)c1ccc(OC)c(C)c1. The van der Waals surface area contributed by atoms with Gasteiger partial charge in [0.05, 0.1) is 24.2 Å². The predicted molar refractivity (Wildman–Crippen MR) is 98.4 cm³/mol. The van der Waals surface area contributed by atoms with Crippen LogP contribution in [0.1, 0.15) is 16.7 Å². The number of sulfonamides is 1. The summed E-state index contributed by atoms with van der Waals surface area (Å²) < 4.78 is 32.9. The van der Waals surface area contributed by atoms with Gasteiger partial charge in [-0.15, -0.1) is 6.58 Å². The first-order chi connectivity index (χ1) is 11.3. The summed E-state index contributed by atoms with van der Waals surface area (Å²) in [6.45, 7) is 9.62. The molecule has 2 aromatic carbocycles. The molecule has 0 N–H and O–H groups in total. The molecule has 5 heteroatoms. The Morgan fingerprint density at radius 1 is 1.08 bits per heavy atom. The summed E-state index contributed by atoms with van der Waals surface area (Å²) in [5, 5.41) is 0. The van der Waals surface area contributed by atoms with Crippen molar-refractivity contribution in [1.29, 1.82) is 0 Å². The van der Waals surface area contributed by atoms with Crippen LogP contribution in [0.5, 0.6) is 5.75 Å². The fourth-order valence-electron chi connectivity index (χ4n) is 2.67. The zero-order valence-corrected chi connectivity index (χ0v) is 15.4. The second-order valence-electron chi connectivity index (χ2n) is 5.75. The van der Waals surface area contributed by atoms with Gasteiger partial charge in [0.2, 0.25) is 0 Å². The average molecular weight is 345 g/mol. The molecule has 0 saturated heterocycles. The molecular weight excluding hydrogens is 322 g/mol. The lowest BCUT2D eigenvalue weighted by molar-refractivity contribution is 0.411. The number of nitrogens with zero attached hydrogens (tertiary/aromatic N) is 1. The summed E-state index contributed by atoms with van der Waals surface area (Å²) in [6.07, 6.45) is 1.59. The van der Waals surface area contributed by atoms with Crippen LogP contribution >= 0.6 is 0 Å². The lowest BCUT2D eigenvalue weighted by atomic mass is 10.1. The Balaban J connectivity index is 2.57. The Morgan fingerprint density at radius 3 is 2.33 bits per heavy atom. The molecule has 0 aromatic heterocycles. The lowest BCUT2D eigenvalue weighted by Crippen LogP contribution is -2.31. The average Bonchev–Trinajstić information content (AvgIpc) is 2.53. The van der Waals surface area contributed by atoms with Crippen LogP contribution in [0, 0.1) is 20.8 Å². The molecule has 0 unspecified atom stereocenters. The van der Waals surface area contributed by atoms with Gasteiger partial charge >= 0.3 is 0 Å². The zero-order valence-electron chi connectivity index (χ0n) is 14.5. The van der Waals surface area contributed by atoms with Crippen molar-refractivity contribution in [3.8, 4) is 5.75 Å². The van der Waals surface area contributed by atoms with E-state index in [1.165, 1.54) is 4.31 Å². The van der Waals surface area contributed by atoms with E-state index in [1.54, 1.807) is 31.4 Å². The Morgan fingerprint density at radius 2 is 1.79 bits per heavy atom. The summed E-state index contributed by atoms with van der Waals surface area (Å²) in [6, 6.07) is 10.6. The third-order valence-corrected chi connectivity index (χ3v) is 5.65. The van der Waals surface area contributed by atoms with Crippen LogP contribution in [0.4, 0.5) is 5.69 Å². The van der Waals surface area contributed by atoms with Crippen LogP contribution in [0.15, 0.2) is 53.9 Å². The number of methoxy groups -OCH3 is 1. The number of benzene rings is 2. The van der Waals surface area contributed by atoms with Crippen LogP contribution in [0.3, 0.4) is 0 Å². The Bertz CT molecular complexity index is 857. The molecule has 0 saturated carbocycles. The highest BCUT2D eigenvalue weighted by Gasteiger charge is 2.25. The molecule has 0 amide bonds. The molecule has 0 heterocycles. The van der Waals surface area contributed by atoms with E-state index in [0.717, 1.165) is 16.7 Å². The van der Waals surface area contributed by atoms with Crippen molar-refractivity contribution in [2.75, 3.05) is 18.0 Å². The maximum absolute atomic E-state index is 13.1. The lowest BCUT2D eigenvalue weighted by Gasteiger charge is -2.25. The molecule has 0 spiro atoms. The van der Waals surface area contributed by atoms with Crippen LogP contribution < -0.4 is 9.04 Å². The number of ether oxygens (including phenoxy) is 1. The Hall–Kier alpha value is -2.27. The molecule has 2 aromatic rings.